The van der Waals surface area contributed by atoms with Gasteiger partial charge in [-0.3, -0.25) is 0 Å². The van der Waals surface area contributed by atoms with Gasteiger partial charge in [-0.25, -0.2) is 9.59 Å². The molecule has 2 aromatic carbocycles. The second-order valence-electron chi connectivity index (χ2n) is 6.52. The molecule has 0 unspecified atom stereocenters. The standard InChI is InChI=1S/C23H22O6/c1-14-5-9-19-17(11-22(25)29-23(19)15(14)2)13-28-21(24)10-7-16-6-8-18(26-3)12-20(16)27-4/h5-12H,13H2,1-4H3. The molecule has 0 aliphatic heterocycles. The molecule has 0 atom stereocenters. The molecule has 0 radical (unpaired) electrons. The third-order valence-electron chi connectivity index (χ3n) is 4.73. The zero-order valence-electron chi connectivity index (χ0n) is 16.8. The molecule has 0 saturated heterocycles. The van der Waals surface area contributed by atoms with E-state index < -0.39 is 11.6 Å². The van der Waals surface area contributed by atoms with Crippen LogP contribution >= 0.6 is 0 Å². The second-order valence-corrected chi connectivity index (χ2v) is 6.52. The lowest BCUT2D eigenvalue weighted by molar-refractivity contribution is -0.138. The second kappa shape index (κ2) is 8.65. The van der Waals surface area contributed by atoms with E-state index in [1.54, 1.807) is 38.5 Å². The van der Waals surface area contributed by atoms with E-state index in [0.717, 1.165) is 16.5 Å². The van der Waals surface area contributed by atoms with Crippen LogP contribution in [0.3, 0.4) is 0 Å². The van der Waals surface area contributed by atoms with Crippen LogP contribution in [-0.2, 0) is 16.1 Å². The molecule has 0 aliphatic rings. The quantitative estimate of drug-likeness (QED) is 0.355. The van der Waals surface area contributed by atoms with E-state index in [2.05, 4.69) is 0 Å². The fraction of sp³-hybridized carbons (Fsp3) is 0.217. The van der Waals surface area contributed by atoms with E-state index in [0.29, 0.717) is 28.2 Å². The van der Waals surface area contributed by atoms with Gasteiger partial charge in [-0.2, -0.15) is 0 Å². The lowest BCUT2D eigenvalue weighted by atomic mass is 10.0. The number of rotatable bonds is 6. The topological polar surface area (TPSA) is 75.0 Å². The van der Waals surface area contributed by atoms with Gasteiger partial charge in [0.1, 0.15) is 23.7 Å². The van der Waals surface area contributed by atoms with Crippen LogP contribution in [-0.4, -0.2) is 20.2 Å². The zero-order chi connectivity index (χ0) is 21.0. The number of esters is 1. The van der Waals surface area contributed by atoms with Gasteiger partial charge < -0.3 is 18.6 Å². The van der Waals surface area contributed by atoms with Gasteiger partial charge in [-0.1, -0.05) is 12.1 Å². The van der Waals surface area contributed by atoms with E-state index in [4.69, 9.17) is 18.6 Å². The van der Waals surface area contributed by atoms with Gasteiger partial charge in [-0.15, -0.1) is 0 Å². The monoisotopic (exact) mass is 394 g/mol. The molecular formula is C23H22O6. The molecule has 3 rings (SSSR count). The number of carbonyl (C=O) groups excluding carboxylic acids is 1. The minimum Gasteiger partial charge on any atom is -0.497 e. The first-order valence-electron chi connectivity index (χ1n) is 9.02. The van der Waals surface area contributed by atoms with Gasteiger partial charge in [0.05, 0.1) is 14.2 Å². The molecule has 0 saturated carbocycles. The number of ether oxygens (including phenoxy) is 3. The minimum atomic E-state index is -0.534. The minimum absolute atomic E-state index is 0.0342. The maximum Gasteiger partial charge on any atom is 0.336 e. The van der Waals surface area contributed by atoms with E-state index in [-0.39, 0.29) is 6.61 Å². The summed E-state index contributed by atoms with van der Waals surface area (Å²) >= 11 is 0. The Labute approximate surface area is 168 Å². The maximum atomic E-state index is 12.2. The maximum absolute atomic E-state index is 12.2. The van der Waals surface area contributed by atoms with Crippen molar-refractivity contribution >= 4 is 23.0 Å². The Bertz CT molecular complexity index is 1140. The van der Waals surface area contributed by atoms with Crippen molar-refractivity contribution in [1.82, 2.24) is 0 Å². The molecule has 6 heteroatoms. The molecular weight excluding hydrogens is 372 g/mol. The van der Waals surface area contributed by atoms with E-state index >= 15 is 0 Å². The van der Waals surface area contributed by atoms with Gasteiger partial charge in [0.2, 0.25) is 0 Å². The number of carbonyl (C=O) groups is 1. The van der Waals surface area contributed by atoms with E-state index in [9.17, 15) is 9.59 Å². The van der Waals surface area contributed by atoms with Crippen molar-refractivity contribution in [1.29, 1.82) is 0 Å². The summed E-state index contributed by atoms with van der Waals surface area (Å²) in [6, 6.07) is 10.4. The summed E-state index contributed by atoms with van der Waals surface area (Å²) in [6.45, 7) is 3.80. The van der Waals surface area contributed by atoms with Crippen LogP contribution in [0, 0.1) is 13.8 Å². The Kier molecular flexibility index (Phi) is 6.02. The highest BCUT2D eigenvalue weighted by molar-refractivity contribution is 5.88. The molecule has 0 aliphatic carbocycles. The van der Waals surface area contributed by atoms with E-state index in [1.807, 2.05) is 26.0 Å². The van der Waals surface area contributed by atoms with Crippen molar-refractivity contribution in [3.05, 3.63) is 75.1 Å². The first kappa shape index (κ1) is 20.2. The lowest BCUT2D eigenvalue weighted by Gasteiger charge is -2.09. The molecule has 150 valence electrons. The molecule has 0 N–H and O–H groups in total. The molecule has 0 amide bonds. The number of hydrogen-bond donors (Lipinski definition) is 0. The van der Waals surface area contributed by atoms with E-state index in [1.165, 1.54) is 12.1 Å². The van der Waals surface area contributed by atoms with Crippen LogP contribution in [0.25, 0.3) is 17.0 Å². The first-order chi connectivity index (χ1) is 13.9. The summed E-state index contributed by atoms with van der Waals surface area (Å²) in [4.78, 5) is 24.1. The van der Waals surface area contributed by atoms with Crippen molar-refractivity contribution in [2.24, 2.45) is 0 Å². The van der Waals surface area contributed by atoms with Gasteiger partial charge in [0.15, 0.2) is 0 Å². The predicted octanol–water partition coefficient (Wildman–Crippen LogP) is 4.18. The molecule has 6 nitrogen and oxygen atoms in total. The Hall–Kier alpha value is -3.54. The number of aryl methyl sites for hydroxylation is 2. The molecule has 0 bridgehead atoms. The highest BCUT2D eigenvalue weighted by Crippen LogP contribution is 2.26. The van der Waals surface area contributed by atoms with Crippen LogP contribution in [0.15, 0.2) is 51.7 Å². The van der Waals surface area contributed by atoms with Crippen molar-refractivity contribution in [3.8, 4) is 11.5 Å². The van der Waals surface area contributed by atoms with Crippen molar-refractivity contribution in [2.75, 3.05) is 14.2 Å². The van der Waals surface area contributed by atoms with Crippen LogP contribution in [0.5, 0.6) is 11.5 Å². The molecule has 0 fully saturated rings. The predicted molar refractivity (Wildman–Crippen MR) is 110 cm³/mol. The number of fused-ring (bicyclic) bond motifs is 1. The largest absolute Gasteiger partial charge is 0.497 e. The van der Waals surface area contributed by atoms with Crippen LogP contribution in [0.1, 0.15) is 22.3 Å². The lowest BCUT2D eigenvalue weighted by Crippen LogP contribution is -2.06. The summed E-state index contributed by atoms with van der Waals surface area (Å²) in [6.07, 6.45) is 2.92. The zero-order valence-corrected chi connectivity index (χ0v) is 16.8. The third-order valence-corrected chi connectivity index (χ3v) is 4.73. The highest BCUT2D eigenvalue weighted by Gasteiger charge is 2.11. The van der Waals surface area contributed by atoms with Gasteiger partial charge in [0.25, 0.3) is 0 Å². The number of hydrogen-bond acceptors (Lipinski definition) is 6. The Morgan fingerprint density at radius 2 is 1.86 bits per heavy atom. The van der Waals surface area contributed by atoms with Crippen molar-refractivity contribution in [3.63, 3.8) is 0 Å². The molecule has 29 heavy (non-hydrogen) atoms. The smallest absolute Gasteiger partial charge is 0.336 e. The average molecular weight is 394 g/mol. The average Bonchev–Trinajstić information content (AvgIpc) is 2.73. The van der Waals surface area contributed by atoms with Crippen molar-refractivity contribution in [2.45, 2.75) is 20.5 Å². The molecule has 1 heterocycles. The third kappa shape index (κ3) is 4.48. The Morgan fingerprint density at radius 3 is 2.59 bits per heavy atom. The summed E-state index contributed by atoms with van der Waals surface area (Å²) in [5.41, 5.74) is 3.26. The summed E-state index contributed by atoms with van der Waals surface area (Å²) in [7, 11) is 3.11. The van der Waals surface area contributed by atoms with Gasteiger partial charge in [0, 0.05) is 34.7 Å². The number of benzene rings is 2. The summed E-state index contributed by atoms with van der Waals surface area (Å²) in [5, 5.41) is 0.751. The Morgan fingerprint density at radius 1 is 1.07 bits per heavy atom. The molecule has 3 aromatic rings. The number of methoxy groups -OCH3 is 2. The molecule has 0 spiro atoms. The van der Waals surface area contributed by atoms with Gasteiger partial charge in [-0.05, 0) is 43.2 Å². The summed E-state index contributed by atoms with van der Waals surface area (Å²) < 4.78 is 21.1. The fourth-order valence-corrected chi connectivity index (χ4v) is 2.95. The normalized spacial score (nSPS) is 11.0. The van der Waals surface area contributed by atoms with Crippen molar-refractivity contribution < 1.29 is 23.4 Å². The Balaban J connectivity index is 1.77. The summed E-state index contributed by atoms with van der Waals surface area (Å²) in [5.74, 6) is 0.695. The van der Waals surface area contributed by atoms with Crippen LogP contribution < -0.4 is 15.1 Å². The van der Waals surface area contributed by atoms with Crippen LogP contribution in [0.2, 0.25) is 0 Å². The van der Waals surface area contributed by atoms with Gasteiger partial charge >= 0.3 is 11.6 Å². The van der Waals surface area contributed by atoms with Crippen LogP contribution in [0.4, 0.5) is 0 Å². The molecule has 1 aromatic heterocycles. The fourth-order valence-electron chi connectivity index (χ4n) is 2.95. The first-order valence-corrected chi connectivity index (χ1v) is 9.02. The SMILES string of the molecule is COc1ccc(C=CC(=O)OCc2cc(=O)oc3c(C)c(C)ccc23)c(OC)c1. The highest BCUT2D eigenvalue weighted by atomic mass is 16.5.